The van der Waals surface area contributed by atoms with E-state index in [9.17, 15) is 18.0 Å². The molecule has 0 saturated heterocycles. The Morgan fingerprint density at radius 2 is 1.78 bits per heavy atom. The first-order valence-electron chi connectivity index (χ1n) is 8.02. The molecule has 0 bridgehead atoms. The van der Waals surface area contributed by atoms with E-state index in [0.29, 0.717) is 23.4 Å². The van der Waals surface area contributed by atoms with Crippen LogP contribution in [0.5, 0.6) is 0 Å². The van der Waals surface area contributed by atoms with Crippen molar-refractivity contribution in [1.29, 1.82) is 0 Å². The Kier molecular flexibility index (Phi) is 5.22. The maximum absolute atomic E-state index is 12.9. The molecular formula is C18H16N4O4S. The van der Waals surface area contributed by atoms with Crippen LogP contribution in [-0.4, -0.2) is 40.5 Å². The normalized spacial score (nSPS) is 11.3. The highest BCUT2D eigenvalue weighted by Crippen LogP contribution is 2.16. The van der Waals surface area contributed by atoms with E-state index >= 15 is 0 Å². The van der Waals surface area contributed by atoms with E-state index in [1.807, 2.05) is 0 Å². The van der Waals surface area contributed by atoms with Gasteiger partial charge in [0, 0.05) is 42.5 Å². The van der Waals surface area contributed by atoms with Crippen molar-refractivity contribution < 1.29 is 13.2 Å². The van der Waals surface area contributed by atoms with E-state index < -0.39 is 15.4 Å². The minimum absolute atomic E-state index is 0.159. The van der Waals surface area contributed by atoms with Crippen molar-refractivity contribution in [3.05, 3.63) is 65.2 Å². The maximum atomic E-state index is 12.9. The number of benzene rings is 1. The molecule has 0 aliphatic rings. The molecule has 0 radical (unpaired) electrons. The Hall–Kier alpha value is -3.20. The van der Waals surface area contributed by atoms with Crippen LogP contribution in [0.3, 0.4) is 0 Å². The Bertz CT molecular complexity index is 1120. The Balaban J connectivity index is 2.16. The molecule has 0 saturated carbocycles. The second-order valence-electron chi connectivity index (χ2n) is 5.85. The van der Waals surface area contributed by atoms with Gasteiger partial charge in [-0.25, -0.2) is 23.4 Å². The first-order chi connectivity index (χ1) is 12.9. The van der Waals surface area contributed by atoms with E-state index in [2.05, 4.69) is 15.0 Å². The van der Waals surface area contributed by atoms with Gasteiger partial charge in [-0.15, -0.1) is 0 Å². The predicted octanol–water partition coefficient (Wildman–Crippen LogP) is 1.22. The van der Waals surface area contributed by atoms with E-state index in [-0.39, 0.29) is 17.0 Å². The monoisotopic (exact) mass is 384 g/mol. The van der Waals surface area contributed by atoms with Gasteiger partial charge in [-0.3, -0.25) is 9.36 Å². The summed E-state index contributed by atoms with van der Waals surface area (Å²) in [4.78, 5) is 36.0. The topological polar surface area (TPSA) is 112 Å². The first-order valence-corrected chi connectivity index (χ1v) is 9.91. The van der Waals surface area contributed by atoms with Gasteiger partial charge in [-0.1, -0.05) is 0 Å². The van der Waals surface area contributed by atoms with Crippen molar-refractivity contribution in [2.24, 2.45) is 0 Å². The summed E-state index contributed by atoms with van der Waals surface area (Å²) in [5.41, 5.74) is 1.25. The molecule has 0 aliphatic carbocycles. The molecule has 0 atom stereocenters. The molecule has 8 nitrogen and oxygen atoms in total. The number of aromatic nitrogens is 4. The van der Waals surface area contributed by atoms with Crippen molar-refractivity contribution >= 4 is 16.1 Å². The lowest BCUT2D eigenvalue weighted by Gasteiger charge is -2.11. The molecule has 9 heteroatoms. The molecule has 3 aromatic rings. The zero-order valence-electron chi connectivity index (χ0n) is 14.4. The summed E-state index contributed by atoms with van der Waals surface area (Å²) in [5.74, 6) is 0. The minimum Gasteiger partial charge on any atom is -0.303 e. The van der Waals surface area contributed by atoms with Gasteiger partial charge in [-0.05, 0) is 30.7 Å². The smallest absolute Gasteiger partial charge is 0.281 e. The molecule has 0 amide bonds. The largest absolute Gasteiger partial charge is 0.303 e. The van der Waals surface area contributed by atoms with Crippen LogP contribution in [0, 0.1) is 0 Å². The van der Waals surface area contributed by atoms with Crippen LogP contribution in [0.15, 0.2) is 58.9 Å². The van der Waals surface area contributed by atoms with Gasteiger partial charge < -0.3 is 4.79 Å². The number of aryl methyl sites for hydroxylation is 1. The third-order valence-electron chi connectivity index (χ3n) is 3.85. The van der Waals surface area contributed by atoms with E-state index in [0.717, 1.165) is 12.5 Å². The highest BCUT2D eigenvalue weighted by Gasteiger charge is 2.14. The Labute approximate surface area is 155 Å². The summed E-state index contributed by atoms with van der Waals surface area (Å²) in [6.45, 7) is 0. The lowest BCUT2D eigenvalue weighted by Crippen LogP contribution is -2.23. The minimum atomic E-state index is -3.34. The zero-order valence-corrected chi connectivity index (χ0v) is 15.3. The number of carbonyl (C=O) groups excluding carboxylic acids is 1. The molecule has 0 unspecified atom stereocenters. The summed E-state index contributed by atoms with van der Waals surface area (Å²) < 4.78 is 24.6. The summed E-state index contributed by atoms with van der Waals surface area (Å²) in [5, 5.41) is 0. The van der Waals surface area contributed by atoms with Crippen LogP contribution >= 0.6 is 0 Å². The van der Waals surface area contributed by atoms with E-state index in [1.165, 1.54) is 35.4 Å². The van der Waals surface area contributed by atoms with Crippen LogP contribution in [0.4, 0.5) is 0 Å². The van der Waals surface area contributed by atoms with E-state index in [1.54, 1.807) is 18.3 Å². The summed E-state index contributed by atoms with van der Waals surface area (Å²) in [7, 11) is -3.34. The lowest BCUT2D eigenvalue weighted by atomic mass is 10.2. The zero-order chi connectivity index (χ0) is 19.4. The van der Waals surface area contributed by atoms with Gasteiger partial charge in [0.05, 0.1) is 10.6 Å². The fraction of sp³-hybridized carbons (Fsp3) is 0.167. The van der Waals surface area contributed by atoms with Crippen LogP contribution in [0.1, 0.15) is 12.1 Å². The number of carbonyl (C=O) groups is 1. The second kappa shape index (κ2) is 7.58. The molecule has 2 heterocycles. The summed E-state index contributed by atoms with van der Waals surface area (Å²) in [6, 6.07) is 5.97. The molecule has 138 valence electrons. The summed E-state index contributed by atoms with van der Waals surface area (Å²) >= 11 is 0. The molecule has 2 aromatic heterocycles. The third-order valence-corrected chi connectivity index (χ3v) is 4.98. The predicted molar refractivity (Wildman–Crippen MR) is 98.4 cm³/mol. The van der Waals surface area contributed by atoms with E-state index in [4.69, 9.17) is 0 Å². The van der Waals surface area contributed by atoms with Gasteiger partial charge in [-0.2, -0.15) is 0 Å². The second-order valence-corrected chi connectivity index (χ2v) is 7.87. The molecule has 0 N–H and O–H groups in total. The van der Waals surface area contributed by atoms with Crippen LogP contribution in [0.2, 0.25) is 0 Å². The highest BCUT2D eigenvalue weighted by atomic mass is 32.2. The number of hydrogen-bond donors (Lipinski definition) is 0. The number of aldehydes is 1. The number of nitrogens with zero attached hydrogens (tertiary/aromatic N) is 4. The van der Waals surface area contributed by atoms with Gasteiger partial charge in [0.25, 0.3) is 5.56 Å². The summed E-state index contributed by atoms with van der Waals surface area (Å²) in [6.07, 6.45) is 8.40. The molecular weight excluding hydrogens is 368 g/mol. The van der Waals surface area contributed by atoms with Crippen molar-refractivity contribution in [2.75, 3.05) is 6.26 Å². The van der Waals surface area contributed by atoms with Gasteiger partial charge >= 0.3 is 0 Å². The Morgan fingerprint density at radius 3 is 2.37 bits per heavy atom. The lowest BCUT2D eigenvalue weighted by molar-refractivity contribution is -0.107. The maximum Gasteiger partial charge on any atom is 0.281 e. The van der Waals surface area contributed by atoms with Gasteiger partial charge in [0.2, 0.25) is 0 Å². The fourth-order valence-electron chi connectivity index (χ4n) is 2.52. The van der Waals surface area contributed by atoms with Crippen molar-refractivity contribution in [3.63, 3.8) is 0 Å². The average Bonchev–Trinajstić information content (AvgIpc) is 2.67. The average molecular weight is 384 g/mol. The Morgan fingerprint density at radius 1 is 1.11 bits per heavy atom. The van der Waals surface area contributed by atoms with Crippen LogP contribution in [0.25, 0.3) is 16.9 Å². The van der Waals surface area contributed by atoms with Gasteiger partial charge in [0.15, 0.2) is 9.84 Å². The third kappa shape index (κ3) is 4.14. The molecule has 0 fully saturated rings. The van der Waals surface area contributed by atoms with Crippen LogP contribution in [-0.2, 0) is 21.1 Å². The molecule has 0 spiro atoms. The standard InChI is InChI=1S/C18H16N4O4S/c1-27(25,26)16-6-4-15(5-7-16)22-11-14(3-2-8-23)21-17(18(22)24)13-9-19-12-20-10-13/h4-12H,2-3H2,1H3. The SMILES string of the molecule is CS(=O)(=O)c1ccc(-n2cc(CCC=O)nc(-c3cncnc3)c2=O)cc1. The van der Waals surface area contributed by atoms with Crippen molar-refractivity contribution in [1.82, 2.24) is 19.5 Å². The van der Waals surface area contributed by atoms with Crippen molar-refractivity contribution in [2.45, 2.75) is 17.7 Å². The first kappa shape index (κ1) is 18.6. The van der Waals surface area contributed by atoms with Crippen LogP contribution < -0.4 is 5.56 Å². The molecule has 3 rings (SSSR count). The fourth-order valence-corrected chi connectivity index (χ4v) is 3.15. The quantitative estimate of drug-likeness (QED) is 0.587. The molecule has 1 aromatic carbocycles. The highest BCUT2D eigenvalue weighted by molar-refractivity contribution is 7.90. The number of hydrogen-bond acceptors (Lipinski definition) is 7. The van der Waals surface area contributed by atoms with Crippen molar-refractivity contribution in [3.8, 4) is 16.9 Å². The number of rotatable bonds is 6. The molecule has 27 heavy (non-hydrogen) atoms. The van der Waals surface area contributed by atoms with Gasteiger partial charge in [0.1, 0.15) is 18.3 Å². The number of sulfone groups is 1. The molecule has 0 aliphatic heterocycles.